The topological polar surface area (TPSA) is 76.1 Å². The number of esters is 1. The van der Waals surface area contributed by atoms with E-state index in [0.717, 1.165) is 19.4 Å². The van der Waals surface area contributed by atoms with Crippen LogP contribution in [0.3, 0.4) is 0 Å². The standard InChI is InChI=1S/C15H27NO5/c1-11-9-12(21-14(19)6-5-13(17)18)10-15(2,3)16(11)7-8-20-4/h11-12H,5-10H2,1-4H3,(H,17,18). The number of hydrogen-bond acceptors (Lipinski definition) is 5. The van der Waals surface area contributed by atoms with Crippen molar-refractivity contribution in [2.45, 2.75) is 64.1 Å². The molecule has 0 bridgehead atoms. The van der Waals surface area contributed by atoms with Gasteiger partial charge in [-0.3, -0.25) is 14.5 Å². The summed E-state index contributed by atoms with van der Waals surface area (Å²) >= 11 is 0. The van der Waals surface area contributed by atoms with Crippen LogP contribution in [-0.2, 0) is 19.1 Å². The zero-order valence-corrected chi connectivity index (χ0v) is 13.4. The summed E-state index contributed by atoms with van der Waals surface area (Å²) in [5, 5.41) is 8.58. The van der Waals surface area contributed by atoms with Crippen LogP contribution in [0.2, 0.25) is 0 Å². The normalized spacial score (nSPS) is 25.5. The van der Waals surface area contributed by atoms with Crippen molar-refractivity contribution in [2.24, 2.45) is 0 Å². The zero-order chi connectivity index (χ0) is 16.0. The Morgan fingerprint density at radius 2 is 2.00 bits per heavy atom. The molecule has 1 saturated heterocycles. The maximum absolute atomic E-state index is 11.7. The van der Waals surface area contributed by atoms with Crippen molar-refractivity contribution >= 4 is 11.9 Å². The second-order valence-corrected chi connectivity index (χ2v) is 6.29. The van der Waals surface area contributed by atoms with Crippen LogP contribution < -0.4 is 0 Å². The van der Waals surface area contributed by atoms with E-state index in [2.05, 4.69) is 25.7 Å². The van der Waals surface area contributed by atoms with Crippen LogP contribution in [0.4, 0.5) is 0 Å². The van der Waals surface area contributed by atoms with Crippen molar-refractivity contribution < 1.29 is 24.2 Å². The van der Waals surface area contributed by atoms with Crippen LogP contribution in [0.15, 0.2) is 0 Å². The van der Waals surface area contributed by atoms with E-state index in [1.54, 1.807) is 7.11 Å². The smallest absolute Gasteiger partial charge is 0.306 e. The second-order valence-electron chi connectivity index (χ2n) is 6.29. The van der Waals surface area contributed by atoms with Gasteiger partial charge >= 0.3 is 11.9 Å². The number of carbonyl (C=O) groups excluding carboxylic acids is 1. The van der Waals surface area contributed by atoms with E-state index in [0.29, 0.717) is 12.6 Å². The molecule has 1 heterocycles. The Morgan fingerprint density at radius 3 is 2.52 bits per heavy atom. The van der Waals surface area contributed by atoms with Crippen LogP contribution in [0.1, 0.15) is 46.5 Å². The number of piperidine rings is 1. The molecule has 1 aliphatic heterocycles. The summed E-state index contributed by atoms with van der Waals surface area (Å²) < 4.78 is 10.6. The van der Waals surface area contributed by atoms with Crippen molar-refractivity contribution in [3.63, 3.8) is 0 Å². The van der Waals surface area contributed by atoms with Crippen LogP contribution in [0.25, 0.3) is 0 Å². The SMILES string of the molecule is COCCN1C(C)CC(OC(=O)CCC(=O)O)CC1(C)C. The molecular weight excluding hydrogens is 274 g/mol. The first kappa shape index (κ1) is 17.9. The molecule has 0 aliphatic carbocycles. The van der Waals surface area contributed by atoms with E-state index in [4.69, 9.17) is 14.6 Å². The average Bonchev–Trinajstić information content (AvgIpc) is 2.34. The van der Waals surface area contributed by atoms with E-state index >= 15 is 0 Å². The van der Waals surface area contributed by atoms with Crippen LogP contribution in [0.5, 0.6) is 0 Å². The fourth-order valence-corrected chi connectivity index (χ4v) is 3.12. The molecule has 122 valence electrons. The predicted molar refractivity (Wildman–Crippen MR) is 78.1 cm³/mol. The van der Waals surface area contributed by atoms with Gasteiger partial charge in [0.05, 0.1) is 19.4 Å². The molecule has 0 amide bonds. The molecule has 0 aromatic heterocycles. The van der Waals surface area contributed by atoms with E-state index in [1.165, 1.54) is 0 Å². The molecule has 0 saturated carbocycles. The number of methoxy groups -OCH3 is 1. The molecule has 2 atom stereocenters. The number of carboxylic acids is 1. The molecule has 2 unspecified atom stereocenters. The third-order valence-electron chi connectivity index (χ3n) is 4.02. The Bertz CT molecular complexity index is 369. The second kappa shape index (κ2) is 7.75. The lowest BCUT2D eigenvalue weighted by Crippen LogP contribution is -2.57. The van der Waals surface area contributed by atoms with E-state index in [-0.39, 0.29) is 24.5 Å². The first-order valence-electron chi connectivity index (χ1n) is 7.43. The summed E-state index contributed by atoms with van der Waals surface area (Å²) in [7, 11) is 1.69. The molecule has 21 heavy (non-hydrogen) atoms. The number of carboxylic acid groups (broad SMARTS) is 1. The average molecular weight is 301 g/mol. The van der Waals surface area contributed by atoms with Crippen molar-refractivity contribution in [3.8, 4) is 0 Å². The monoisotopic (exact) mass is 301 g/mol. The number of aliphatic carboxylic acids is 1. The zero-order valence-electron chi connectivity index (χ0n) is 13.4. The highest BCUT2D eigenvalue weighted by molar-refractivity contribution is 5.76. The molecule has 1 N–H and O–H groups in total. The number of nitrogens with zero attached hydrogens (tertiary/aromatic N) is 1. The van der Waals surface area contributed by atoms with Crippen molar-refractivity contribution in [1.29, 1.82) is 0 Å². The molecule has 6 heteroatoms. The lowest BCUT2D eigenvalue weighted by Gasteiger charge is -2.49. The molecule has 1 rings (SSSR count). The van der Waals surface area contributed by atoms with Gasteiger partial charge in [0.25, 0.3) is 0 Å². The lowest BCUT2D eigenvalue weighted by atomic mass is 9.84. The minimum absolute atomic E-state index is 0.0615. The Balaban J connectivity index is 2.54. The maximum atomic E-state index is 11.7. The van der Waals surface area contributed by atoms with Gasteiger partial charge in [0.2, 0.25) is 0 Å². The minimum Gasteiger partial charge on any atom is -0.481 e. The fourth-order valence-electron chi connectivity index (χ4n) is 3.12. The predicted octanol–water partition coefficient (Wildman–Crippen LogP) is 1.67. The highest BCUT2D eigenvalue weighted by Gasteiger charge is 2.40. The van der Waals surface area contributed by atoms with Crippen LogP contribution in [-0.4, -0.2) is 59.9 Å². The van der Waals surface area contributed by atoms with Gasteiger partial charge in [-0.05, 0) is 27.2 Å². The molecule has 0 spiro atoms. The first-order chi connectivity index (χ1) is 9.76. The summed E-state index contributed by atoms with van der Waals surface area (Å²) in [5.74, 6) is -1.40. The van der Waals surface area contributed by atoms with Crippen LogP contribution >= 0.6 is 0 Å². The number of likely N-dealkylation sites (tertiary alicyclic amines) is 1. The number of carbonyl (C=O) groups is 2. The number of hydrogen-bond donors (Lipinski definition) is 1. The summed E-state index contributed by atoms with van der Waals surface area (Å²) in [6, 6.07) is 0.293. The fraction of sp³-hybridized carbons (Fsp3) is 0.867. The highest BCUT2D eigenvalue weighted by atomic mass is 16.5. The Labute approximate surface area is 126 Å². The number of ether oxygens (including phenoxy) is 2. The Morgan fingerprint density at radius 1 is 1.33 bits per heavy atom. The minimum atomic E-state index is -0.977. The third-order valence-corrected chi connectivity index (χ3v) is 4.02. The van der Waals surface area contributed by atoms with Crippen molar-refractivity contribution in [3.05, 3.63) is 0 Å². The van der Waals surface area contributed by atoms with Crippen LogP contribution in [0, 0.1) is 0 Å². The molecule has 0 aromatic rings. The summed E-state index contributed by atoms with van der Waals surface area (Å²) in [6.07, 6.45) is 1.14. The van der Waals surface area contributed by atoms with Gasteiger partial charge in [0.1, 0.15) is 6.10 Å². The van der Waals surface area contributed by atoms with Gasteiger partial charge in [-0.25, -0.2) is 0 Å². The van der Waals surface area contributed by atoms with Crippen molar-refractivity contribution in [1.82, 2.24) is 4.90 Å². The van der Waals surface area contributed by atoms with E-state index < -0.39 is 11.9 Å². The van der Waals surface area contributed by atoms with E-state index in [9.17, 15) is 9.59 Å². The summed E-state index contributed by atoms with van der Waals surface area (Å²) in [4.78, 5) is 24.5. The number of rotatable bonds is 7. The molecular formula is C15H27NO5. The van der Waals surface area contributed by atoms with Gasteiger partial charge in [0, 0.05) is 31.7 Å². The third kappa shape index (κ3) is 5.63. The van der Waals surface area contributed by atoms with Gasteiger partial charge in [-0.1, -0.05) is 0 Å². The van der Waals surface area contributed by atoms with Gasteiger partial charge in [0.15, 0.2) is 0 Å². The molecule has 0 aromatic carbocycles. The highest BCUT2D eigenvalue weighted by Crippen LogP contribution is 2.33. The molecule has 1 aliphatic rings. The molecule has 6 nitrogen and oxygen atoms in total. The molecule has 0 radical (unpaired) electrons. The Hall–Kier alpha value is -1.14. The van der Waals surface area contributed by atoms with E-state index in [1.807, 2.05) is 0 Å². The van der Waals surface area contributed by atoms with Gasteiger partial charge in [-0.15, -0.1) is 0 Å². The van der Waals surface area contributed by atoms with Crippen molar-refractivity contribution in [2.75, 3.05) is 20.3 Å². The largest absolute Gasteiger partial charge is 0.481 e. The summed E-state index contributed by atoms with van der Waals surface area (Å²) in [6.45, 7) is 7.92. The van der Waals surface area contributed by atoms with Gasteiger partial charge in [-0.2, -0.15) is 0 Å². The first-order valence-corrected chi connectivity index (χ1v) is 7.43. The quantitative estimate of drug-likeness (QED) is 0.721. The maximum Gasteiger partial charge on any atom is 0.306 e. The Kier molecular flexibility index (Phi) is 6.61. The summed E-state index contributed by atoms with van der Waals surface area (Å²) in [5.41, 5.74) is -0.0755. The molecule has 1 fully saturated rings. The lowest BCUT2D eigenvalue weighted by molar-refractivity contribution is -0.158. The van der Waals surface area contributed by atoms with Gasteiger partial charge < -0.3 is 14.6 Å².